The van der Waals surface area contributed by atoms with Gasteiger partial charge >= 0.3 is 0 Å². The van der Waals surface area contributed by atoms with Gasteiger partial charge in [-0.25, -0.2) is 0 Å². The number of rotatable bonds is 1. The molecule has 0 aliphatic carbocycles. The van der Waals surface area contributed by atoms with Crippen molar-refractivity contribution in [2.24, 2.45) is 0 Å². The van der Waals surface area contributed by atoms with Crippen LogP contribution in [0.4, 0.5) is 5.69 Å². The van der Waals surface area contributed by atoms with Crippen molar-refractivity contribution in [3.05, 3.63) is 62.6 Å². The Balaban J connectivity index is 2.06. The van der Waals surface area contributed by atoms with Crippen molar-refractivity contribution in [3.63, 3.8) is 0 Å². The second kappa shape index (κ2) is 5.18. The average molecular weight is 419 g/mol. The van der Waals surface area contributed by atoms with Crippen molar-refractivity contribution in [3.8, 4) is 0 Å². The molecule has 0 bridgehead atoms. The molecule has 25 heavy (non-hydrogen) atoms. The molecular formula is C20H17BrClNO2. The van der Waals surface area contributed by atoms with Crippen LogP contribution in [-0.2, 0) is 10.2 Å². The first-order valence-corrected chi connectivity index (χ1v) is 9.31. The fourth-order valence-corrected chi connectivity index (χ4v) is 5.03. The smallest absolute Gasteiger partial charge is 0.299 e. The zero-order chi connectivity index (χ0) is 18.1. The Morgan fingerprint density at radius 2 is 1.72 bits per heavy atom. The van der Waals surface area contributed by atoms with Gasteiger partial charge in [0.2, 0.25) is 0 Å². The van der Waals surface area contributed by atoms with Gasteiger partial charge in [-0.1, -0.05) is 46.6 Å². The van der Waals surface area contributed by atoms with E-state index < -0.39 is 17.2 Å². The van der Waals surface area contributed by atoms with E-state index in [4.69, 9.17) is 11.6 Å². The van der Waals surface area contributed by atoms with E-state index in [1.807, 2.05) is 44.2 Å². The Labute approximate surface area is 160 Å². The molecule has 2 aromatic rings. The standard InChI is InChI=1S/C20H17BrClNO2/c1-19(2)10-20(3,11-4-6-13(22)7-5-11)15-9-12(21)8-14-16(15)23(19)18(25)17(14)24/h4-9H,10H2,1-3H3. The van der Waals surface area contributed by atoms with Gasteiger partial charge in [-0.3, -0.25) is 14.5 Å². The van der Waals surface area contributed by atoms with Crippen LogP contribution in [0.15, 0.2) is 40.9 Å². The average Bonchev–Trinajstić information content (AvgIpc) is 2.78. The molecule has 0 N–H and O–H groups in total. The minimum Gasteiger partial charge on any atom is -0.299 e. The third-order valence-electron chi connectivity index (χ3n) is 5.41. The lowest BCUT2D eigenvalue weighted by molar-refractivity contribution is -0.115. The second-order valence-electron chi connectivity index (χ2n) is 7.65. The largest absolute Gasteiger partial charge is 0.299 e. The summed E-state index contributed by atoms with van der Waals surface area (Å²) in [5, 5.41) is 0.689. The number of hydrogen-bond donors (Lipinski definition) is 0. The Hall–Kier alpha value is -1.65. The zero-order valence-corrected chi connectivity index (χ0v) is 16.5. The van der Waals surface area contributed by atoms with Crippen molar-refractivity contribution in [1.29, 1.82) is 0 Å². The molecule has 0 spiro atoms. The van der Waals surface area contributed by atoms with Gasteiger partial charge in [-0.05, 0) is 55.7 Å². The summed E-state index contributed by atoms with van der Waals surface area (Å²) in [7, 11) is 0. The van der Waals surface area contributed by atoms with Crippen molar-refractivity contribution in [2.75, 3.05) is 4.90 Å². The highest BCUT2D eigenvalue weighted by Crippen LogP contribution is 2.54. The first-order chi connectivity index (χ1) is 11.6. The third kappa shape index (κ3) is 2.24. The number of halogens is 2. The Morgan fingerprint density at radius 3 is 2.36 bits per heavy atom. The van der Waals surface area contributed by atoms with Crippen LogP contribution in [0, 0.1) is 0 Å². The molecule has 0 aromatic heterocycles. The van der Waals surface area contributed by atoms with Gasteiger partial charge in [-0.15, -0.1) is 0 Å². The molecule has 0 saturated heterocycles. The Morgan fingerprint density at radius 1 is 1.08 bits per heavy atom. The SMILES string of the molecule is CC1(c2ccc(Cl)cc2)CC(C)(C)N2C(=O)C(=O)c3cc(Br)cc1c32. The highest BCUT2D eigenvalue weighted by atomic mass is 79.9. The molecule has 1 unspecified atom stereocenters. The third-order valence-corrected chi connectivity index (χ3v) is 6.12. The first-order valence-electron chi connectivity index (χ1n) is 8.14. The highest BCUT2D eigenvalue weighted by Gasteiger charge is 2.54. The summed E-state index contributed by atoms with van der Waals surface area (Å²) in [6.07, 6.45) is 0.712. The van der Waals surface area contributed by atoms with Crippen LogP contribution < -0.4 is 4.90 Å². The summed E-state index contributed by atoms with van der Waals surface area (Å²) >= 11 is 9.58. The summed E-state index contributed by atoms with van der Waals surface area (Å²) in [5.74, 6) is -0.858. The van der Waals surface area contributed by atoms with Crippen LogP contribution in [0.1, 0.15) is 48.7 Å². The molecule has 0 saturated carbocycles. The van der Waals surface area contributed by atoms with Crippen LogP contribution in [0.2, 0.25) is 5.02 Å². The molecule has 5 heteroatoms. The van der Waals surface area contributed by atoms with E-state index in [1.54, 1.807) is 11.0 Å². The molecule has 2 heterocycles. The molecule has 1 amide bonds. The summed E-state index contributed by atoms with van der Waals surface area (Å²) in [5.41, 5.74) is 2.57. The van der Waals surface area contributed by atoms with E-state index in [1.165, 1.54) is 0 Å². The number of amides is 1. The van der Waals surface area contributed by atoms with E-state index >= 15 is 0 Å². The van der Waals surface area contributed by atoms with Crippen molar-refractivity contribution >= 4 is 44.9 Å². The van der Waals surface area contributed by atoms with E-state index in [-0.39, 0.29) is 5.41 Å². The van der Waals surface area contributed by atoms with Gasteiger partial charge in [0.25, 0.3) is 11.7 Å². The lowest BCUT2D eigenvalue weighted by atomic mass is 9.65. The number of carbonyl (C=O) groups excluding carboxylic acids is 2. The highest BCUT2D eigenvalue weighted by molar-refractivity contribution is 9.10. The van der Waals surface area contributed by atoms with Crippen molar-refractivity contribution in [2.45, 2.75) is 38.1 Å². The van der Waals surface area contributed by atoms with Gasteiger partial charge in [-0.2, -0.15) is 0 Å². The molecule has 2 aliphatic heterocycles. The van der Waals surface area contributed by atoms with E-state index in [0.29, 0.717) is 17.0 Å². The van der Waals surface area contributed by atoms with Gasteiger partial charge in [0.05, 0.1) is 11.3 Å². The lowest BCUT2D eigenvalue weighted by Crippen LogP contribution is -2.54. The minimum absolute atomic E-state index is 0.330. The fourth-order valence-electron chi connectivity index (χ4n) is 4.44. The van der Waals surface area contributed by atoms with Crippen LogP contribution in [0.3, 0.4) is 0 Å². The maximum absolute atomic E-state index is 12.6. The normalized spacial score (nSPS) is 23.8. The second-order valence-corrected chi connectivity index (χ2v) is 9.00. The maximum Gasteiger partial charge on any atom is 0.299 e. The number of Topliss-reactive ketones (excluding diaryl/α,β-unsaturated/α-hetero) is 1. The van der Waals surface area contributed by atoms with E-state index in [2.05, 4.69) is 22.9 Å². The van der Waals surface area contributed by atoms with Gasteiger partial charge < -0.3 is 0 Å². The van der Waals surface area contributed by atoms with E-state index in [9.17, 15) is 9.59 Å². The van der Waals surface area contributed by atoms with Crippen LogP contribution in [0.5, 0.6) is 0 Å². The van der Waals surface area contributed by atoms with Gasteiger partial charge in [0.1, 0.15) is 0 Å². The lowest BCUT2D eigenvalue weighted by Gasteiger charge is -2.49. The number of nitrogens with zero attached hydrogens (tertiary/aromatic N) is 1. The number of benzene rings is 2. The summed E-state index contributed by atoms with van der Waals surface area (Å²) in [4.78, 5) is 26.9. The fraction of sp³-hybridized carbons (Fsp3) is 0.300. The van der Waals surface area contributed by atoms with Crippen LogP contribution in [0.25, 0.3) is 0 Å². The van der Waals surface area contributed by atoms with Gasteiger partial charge in [0, 0.05) is 20.4 Å². The number of hydrogen-bond acceptors (Lipinski definition) is 2. The van der Waals surface area contributed by atoms with Crippen LogP contribution >= 0.6 is 27.5 Å². The molecule has 1 atom stereocenters. The van der Waals surface area contributed by atoms with Crippen molar-refractivity contribution in [1.82, 2.24) is 0 Å². The quantitative estimate of drug-likeness (QED) is 0.603. The number of anilines is 1. The minimum atomic E-state index is -0.465. The molecular weight excluding hydrogens is 402 g/mol. The molecule has 128 valence electrons. The molecule has 3 nitrogen and oxygen atoms in total. The maximum atomic E-state index is 12.6. The number of ketones is 1. The molecule has 2 aromatic carbocycles. The van der Waals surface area contributed by atoms with E-state index in [0.717, 1.165) is 21.3 Å². The topological polar surface area (TPSA) is 37.4 Å². The molecule has 4 rings (SSSR count). The number of carbonyl (C=O) groups is 2. The zero-order valence-electron chi connectivity index (χ0n) is 14.2. The summed E-state index contributed by atoms with van der Waals surface area (Å²) in [6.45, 7) is 6.21. The summed E-state index contributed by atoms with van der Waals surface area (Å²) < 4.78 is 0.809. The first kappa shape index (κ1) is 16.8. The molecule has 2 aliphatic rings. The van der Waals surface area contributed by atoms with Crippen molar-refractivity contribution < 1.29 is 9.59 Å². The monoisotopic (exact) mass is 417 g/mol. The predicted octanol–water partition coefficient (Wildman–Crippen LogP) is 5.12. The molecule has 0 fully saturated rings. The Kier molecular flexibility index (Phi) is 3.48. The summed E-state index contributed by atoms with van der Waals surface area (Å²) in [6, 6.07) is 11.6. The predicted molar refractivity (Wildman–Crippen MR) is 103 cm³/mol. The van der Waals surface area contributed by atoms with Crippen LogP contribution in [-0.4, -0.2) is 17.2 Å². The van der Waals surface area contributed by atoms with Gasteiger partial charge in [0.15, 0.2) is 0 Å². The Bertz CT molecular complexity index is 935. The molecule has 0 radical (unpaired) electrons.